The van der Waals surface area contributed by atoms with E-state index in [4.69, 9.17) is 21.1 Å². The molecule has 4 heteroatoms. The Balaban J connectivity index is 2.14. The second-order valence-electron chi connectivity index (χ2n) is 4.89. The minimum atomic E-state index is 0.188. The lowest BCUT2D eigenvalue weighted by Crippen LogP contribution is -2.33. The van der Waals surface area contributed by atoms with E-state index in [1.165, 1.54) is 5.56 Å². The Morgan fingerprint density at radius 1 is 1.39 bits per heavy atom. The zero-order valence-corrected chi connectivity index (χ0v) is 12.9. The monoisotopic (exact) mass is 332 g/mol. The van der Waals surface area contributed by atoms with Crippen molar-refractivity contribution in [1.29, 1.82) is 0 Å². The van der Waals surface area contributed by atoms with Crippen LogP contribution < -0.4 is 4.74 Å². The van der Waals surface area contributed by atoms with Gasteiger partial charge in [-0.15, -0.1) is 11.6 Å². The molecule has 1 fully saturated rings. The highest BCUT2D eigenvalue weighted by molar-refractivity contribution is 9.10. The maximum atomic E-state index is 6.19. The summed E-state index contributed by atoms with van der Waals surface area (Å²) < 4.78 is 11.7. The zero-order chi connectivity index (χ0) is 13.0. The van der Waals surface area contributed by atoms with E-state index in [1.54, 1.807) is 7.11 Å². The first-order valence-electron chi connectivity index (χ1n) is 6.15. The second kappa shape index (κ2) is 6.27. The molecule has 1 aromatic rings. The van der Waals surface area contributed by atoms with Crippen LogP contribution in [0.1, 0.15) is 18.4 Å². The molecule has 1 aromatic carbocycles. The van der Waals surface area contributed by atoms with Crippen molar-refractivity contribution in [3.05, 3.63) is 28.2 Å². The molecule has 2 nitrogen and oxygen atoms in total. The summed E-state index contributed by atoms with van der Waals surface area (Å²) in [7, 11) is 1.68. The molecule has 0 amide bonds. The van der Waals surface area contributed by atoms with Crippen LogP contribution in [0.3, 0.4) is 0 Å². The van der Waals surface area contributed by atoms with Crippen molar-refractivity contribution in [3.63, 3.8) is 0 Å². The molecule has 0 unspecified atom stereocenters. The van der Waals surface area contributed by atoms with E-state index in [0.717, 1.165) is 42.7 Å². The van der Waals surface area contributed by atoms with Gasteiger partial charge in [0.25, 0.3) is 0 Å². The van der Waals surface area contributed by atoms with Crippen molar-refractivity contribution >= 4 is 27.5 Å². The van der Waals surface area contributed by atoms with Crippen LogP contribution >= 0.6 is 27.5 Å². The molecule has 2 rings (SSSR count). The molecule has 0 N–H and O–H groups in total. The van der Waals surface area contributed by atoms with Gasteiger partial charge in [0.1, 0.15) is 5.75 Å². The zero-order valence-electron chi connectivity index (χ0n) is 10.5. The number of benzene rings is 1. The highest BCUT2D eigenvalue weighted by atomic mass is 79.9. The van der Waals surface area contributed by atoms with Crippen LogP contribution in [0.5, 0.6) is 5.75 Å². The van der Waals surface area contributed by atoms with Gasteiger partial charge in [0.15, 0.2) is 0 Å². The Morgan fingerprint density at radius 2 is 2.11 bits per heavy atom. The predicted molar refractivity (Wildman–Crippen MR) is 77.6 cm³/mol. The van der Waals surface area contributed by atoms with E-state index < -0.39 is 0 Å². The Hall–Kier alpha value is -0.250. The van der Waals surface area contributed by atoms with Crippen molar-refractivity contribution in [2.75, 3.05) is 26.2 Å². The minimum Gasteiger partial charge on any atom is -0.496 e. The first-order chi connectivity index (χ1) is 8.69. The highest BCUT2D eigenvalue weighted by Gasteiger charge is 2.32. The third-order valence-electron chi connectivity index (χ3n) is 3.63. The maximum Gasteiger partial charge on any atom is 0.133 e. The summed E-state index contributed by atoms with van der Waals surface area (Å²) in [5, 5.41) is 0. The molecule has 0 aliphatic carbocycles. The van der Waals surface area contributed by atoms with Crippen molar-refractivity contribution in [1.82, 2.24) is 0 Å². The van der Waals surface area contributed by atoms with Crippen LogP contribution in [-0.4, -0.2) is 26.2 Å². The summed E-state index contributed by atoms with van der Waals surface area (Å²) in [6, 6.07) is 6.25. The quantitative estimate of drug-likeness (QED) is 0.774. The normalized spacial score (nSPS) is 18.6. The maximum absolute atomic E-state index is 6.19. The number of hydrogen-bond acceptors (Lipinski definition) is 2. The number of halogens is 2. The van der Waals surface area contributed by atoms with Crippen molar-refractivity contribution in [3.8, 4) is 5.75 Å². The van der Waals surface area contributed by atoms with Gasteiger partial charge in [0, 0.05) is 19.1 Å². The first kappa shape index (κ1) is 14.2. The Morgan fingerprint density at radius 3 is 2.67 bits per heavy atom. The fraction of sp³-hybridized carbons (Fsp3) is 0.571. The molecular weight excluding hydrogens is 316 g/mol. The molecule has 100 valence electrons. The number of methoxy groups -OCH3 is 1. The molecule has 1 aliphatic rings. The molecule has 0 radical (unpaired) electrons. The highest BCUT2D eigenvalue weighted by Crippen LogP contribution is 2.37. The largest absolute Gasteiger partial charge is 0.496 e. The van der Waals surface area contributed by atoms with Crippen LogP contribution in [0.25, 0.3) is 0 Å². The van der Waals surface area contributed by atoms with Gasteiger partial charge in [0.05, 0.1) is 11.6 Å². The first-order valence-corrected chi connectivity index (χ1v) is 7.48. The van der Waals surface area contributed by atoms with Crippen LogP contribution in [0.4, 0.5) is 0 Å². The Labute approximate surface area is 122 Å². The molecule has 0 spiro atoms. The van der Waals surface area contributed by atoms with Crippen molar-refractivity contribution in [2.24, 2.45) is 5.41 Å². The molecule has 1 aliphatic heterocycles. The molecule has 1 heterocycles. The fourth-order valence-corrected chi connectivity index (χ4v) is 3.36. The third kappa shape index (κ3) is 3.19. The molecule has 0 saturated carbocycles. The standard InChI is InChI=1S/C14H18BrClO2/c1-17-13-3-2-11(8-12(13)15)9-14(10-16)4-6-18-7-5-14/h2-3,8H,4-7,9-10H2,1H3. The van der Waals surface area contributed by atoms with Gasteiger partial charge in [-0.3, -0.25) is 0 Å². The van der Waals surface area contributed by atoms with Gasteiger partial charge in [0.2, 0.25) is 0 Å². The van der Waals surface area contributed by atoms with Crippen LogP contribution in [0.2, 0.25) is 0 Å². The van der Waals surface area contributed by atoms with E-state index in [0.29, 0.717) is 5.88 Å². The number of hydrogen-bond donors (Lipinski definition) is 0. The van der Waals surface area contributed by atoms with Gasteiger partial charge >= 0.3 is 0 Å². The van der Waals surface area contributed by atoms with Gasteiger partial charge in [-0.1, -0.05) is 6.07 Å². The van der Waals surface area contributed by atoms with Gasteiger partial charge in [-0.2, -0.15) is 0 Å². The van der Waals surface area contributed by atoms with Gasteiger partial charge in [-0.05, 0) is 58.3 Å². The summed E-state index contributed by atoms with van der Waals surface area (Å²) in [6.07, 6.45) is 3.09. The average molecular weight is 334 g/mol. The third-order valence-corrected chi connectivity index (χ3v) is 4.82. The van der Waals surface area contributed by atoms with Crippen LogP contribution in [0.15, 0.2) is 22.7 Å². The topological polar surface area (TPSA) is 18.5 Å². The smallest absolute Gasteiger partial charge is 0.133 e. The van der Waals surface area contributed by atoms with E-state index >= 15 is 0 Å². The minimum absolute atomic E-state index is 0.188. The average Bonchev–Trinajstić information content (AvgIpc) is 2.40. The summed E-state index contributed by atoms with van der Waals surface area (Å²) >= 11 is 9.72. The number of ether oxygens (including phenoxy) is 2. The molecule has 0 aromatic heterocycles. The van der Waals surface area contributed by atoms with Gasteiger partial charge in [-0.25, -0.2) is 0 Å². The number of alkyl halides is 1. The number of rotatable bonds is 4. The van der Waals surface area contributed by atoms with Crippen LogP contribution in [0, 0.1) is 5.41 Å². The van der Waals surface area contributed by atoms with Crippen molar-refractivity contribution < 1.29 is 9.47 Å². The Kier molecular flexibility index (Phi) is 4.93. The SMILES string of the molecule is COc1ccc(CC2(CCl)CCOCC2)cc1Br. The predicted octanol–water partition coefficient (Wildman–Crippen LogP) is 4.04. The van der Waals surface area contributed by atoms with E-state index in [9.17, 15) is 0 Å². The van der Waals surface area contributed by atoms with Crippen molar-refractivity contribution in [2.45, 2.75) is 19.3 Å². The molecule has 1 saturated heterocycles. The lowest BCUT2D eigenvalue weighted by atomic mass is 9.77. The summed E-state index contributed by atoms with van der Waals surface area (Å²) in [6.45, 7) is 1.65. The summed E-state index contributed by atoms with van der Waals surface area (Å²) in [5.74, 6) is 1.56. The lowest BCUT2D eigenvalue weighted by molar-refractivity contribution is 0.0257. The lowest BCUT2D eigenvalue weighted by Gasteiger charge is -2.35. The summed E-state index contributed by atoms with van der Waals surface area (Å²) in [4.78, 5) is 0. The van der Waals surface area contributed by atoms with E-state index in [1.807, 2.05) is 6.07 Å². The molecule has 0 atom stereocenters. The molecular formula is C14H18BrClO2. The fourth-order valence-electron chi connectivity index (χ4n) is 2.41. The summed E-state index contributed by atoms with van der Waals surface area (Å²) in [5.41, 5.74) is 1.48. The van der Waals surface area contributed by atoms with E-state index in [2.05, 4.69) is 28.1 Å². The van der Waals surface area contributed by atoms with Crippen LogP contribution in [-0.2, 0) is 11.2 Å². The second-order valence-corrected chi connectivity index (χ2v) is 6.01. The molecule has 18 heavy (non-hydrogen) atoms. The van der Waals surface area contributed by atoms with Gasteiger partial charge < -0.3 is 9.47 Å². The Bertz CT molecular complexity index is 403. The van der Waals surface area contributed by atoms with E-state index in [-0.39, 0.29) is 5.41 Å². The molecule has 0 bridgehead atoms.